The zero-order valence-electron chi connectivity index (χ0n) is 10.5. The highest BCUT2D eigenvalue weighted by Gasteiger charge is 2.25. The molecule has 1 atom stereocenters. The number of anilines is 1. The number of aliphatic hydroxyl groups is 1. The van der Waals surface area contributed by atoms with Crippen molar-refractivity contribution in [2.75, 3.05) is 12.3 Å². The number of pyridine rings is 1. The summed E-state index contributed by atoms with van der Waals surface area (Å²) in [6.45, 7) is 3.83. The van der Waals surface area contributed by atoms with Crippen LogP contribution in [0.15, 0.2) is 12.3 Å². The number of nitrogens with two attached hydrogens (primary N) is 1. The molecule has 1 rings (SSSR count). The average Bonchev–Trinajstić information content (AvgIpc) is 2.32. The van der Waals surface area contributed by atoms with Crippen molar-refractivity contribution in [3.63, 3.8) is 0 Å². The third kappa shape index (κ3) is 3.58. The molecule has 1 amide bonds. The second-order valence-corrected chi connectivity index (χ2v) is 4.82. The minimum absolute atomic E-state index is 0.0111. The number of carbonyl (C=O) groups is 1. The van der Waals surface area contributed by atoms with Crippen LogP contribution in [-0.4, -0.2) is 28.1 Å². The standard InChI is InChI=1S/C12H18ClN3O2/c1-3-12(2,4-5-17)16-11(18)8-6-10(13)15-7-9(8)14/h6-7,17H,3-5,14H2,1-2H3,(H,16,18). The van der Waals surface area contributed by atoms with Gasteiger partial charge in [-0.25, -0.2) is 4.98 Å². The first-order valence-corrected chi connectivity index (χ1v) is 6.14. The van der Waals surface area contributed by atoms with Crippen LogP contribution in [0.1, 0.15) is 37.0 Å². The fourth-order valence-corrected chi connectivity index (χ4v) is 1.71. The summed E-state index contributed by atoms with van der Waals surface area (Å²) in [5.41, 5.74) is 5.80. The van der Waals surface area contributed by atoms with Gasteiger partial charge in [-0.15, -0.1) is 0 Å². The van der Waals surface area contributed by atoms with Crippen LogP contribution in [-0.2, 0) is 0 Å². The molecule has 0 fully saturated rings. The lowest BCUT2D eigenvalue weighted by Crippen LogP contribution is -2.46. The Bertz CT molecular complexity index is 439. The molecule has 0 aliphatic carbocycles. The summed E-state index contributed by atoms with van der Waals surface area (Å²) in [5, 5.41) is 12.1. The van der Waals surface area contributed by atoms with Crippen molar-refractivity contribution in [3.05, 3.63) is 23.0 Å². The Hall–Kier alpha value is -1.33. The molecule has 0 saturated heterocycles. The topological polar surface area (TPSA) is 88.2 Å². The van der Waals surface area contributed by atoms with Gasteiger partial charge in [-0.05, 0) is 25.8 Å². The molecule has 0 aliphatic heterocycles. The molecule has 1 heterocycles. The van der Waals surface area contributed by atoms with Crippen molar-refractivity contribution in [2.24, 2.45) is 0 Å². The summed E-state index contributed by atoms with van der Waals surface area (Å²) in [5.74, 6) is -0.311. The lowest BCUT2D eigenvalue weighted by Gasteiger charge is -2.29. The first kappa shape index (κ1) is 14.7. The number of rotatable bonds is 5. The molecule has 0 aromatic carbocycles. The van der Waals surface area contributed by atoms with E-state index in [2.05, 4.69) is 10.3 Å². The van der Waals surface area contributed by atoms with Crippen LogP contribution < -0.4 is 11.1 Å². The zero-order valence-corrected chi connectivity index (χ0v) is 11.3. The van der Waals surface area contributed by atoms with Gasteiger partial charge in [0.1, 0.15) is 5.15 Å². The number of halogens is 1. The maximum atomic E-state index is 12.1. The normalized spacial score (nSPS) is 14.0. The molecule has 1 aromatic rings. The summed E-state index contributed by atoms with van der Waals surface area (Å²) in [6.07, 6.45) is 2.54. The van der Waals surface area contributed by atoms with E-state index in [9.17, 15) is 4.79 Å². The average molecular weight is 272 g/mol. The molecule has 0 saturated carbocycles. The van der Waals surface area contributed by atoms with E-state index in [1.54, 1.807) is 0 Å². The van der Waals surface area contributed by atoms with Gasteiger partial charge in [0.25, 0.3) is 5.91 Å². The molecular weight excluding hydrogens is 254 g/mol. The molecule has 0 radical (unpaired) electrons. The van der Waals surface area contributed by atoms with E-state index in [0.717, 1.165) is 0 Å². The van der Waals surface area contributed by atoms with Crippen molar-refractivity contribution in [2.45, 2.75) is 32.2 Å². The minimum Gasteiger partial charge on any atom is -0.397 e. The predicted octanol–water partition coefficient (Wildman–Crippen LogP) is 1.60. The summed E-state index contributed by atoms with van der Waals surface area (Å²) < 4.78 is 0. The highest BCUT2D eigenvalue weighted by molar-refractivity contribution is 6.29. The summed E-state index contributed by atoms with van der Waals surface area (Å²) in [7, 11) is 0. The monoisotopic (exact) mass is 271 g/mol. The van der Waals surface area contributed by atoms with Crippen molar-refractivity contribution in [1.82, 2.24) is 10.3 Å². The number of amides is 1. The van der Waals surface area contributed by atoms with Crippen LogP contribution in [0.25, 0.3) is 0 Å². The smallest absolute Gasteiger partial charge is 0.253 e. The van der Waals surface area contributed by atoms with Gasteiger partial charge in [0, 0.05) is 12.1 Å². The van der Waals surface area contributed by atoms with E-state index in [0.29, 0.717) is 18.4 Å². The van der Waals surface area contributed by atoms with Crippen molar-refractivity contribution in [3.8, 4) is 0 Å². The van der Waals surface area contributed by atoms with Crippen molar-refractivity contribution >= 4 is 23.2 Å². The molecule has 5 nitrogen and oxygen atoms in total. The van der Waals surface area contributed by atoms with E-state index in [-0.39, 0.29) is 23.4 Å². The van der Waals surface area contributed by atoms with Crippen LogP contribution in [0.3, 0.4) is 0 Å². The van der Waals surface area contributed by atoms with Gasteiger partial charge >= 0.3 is 0 Å². The molecule has 100 valence electrons. The molecule has 0 spiro atoms. The maximum absolute atomic E-state index is 12.1. The quantitative estimate of drug-likeness (QED) is 0.710. The number of nitrogens with zero attached hydrogens (tertiary/aromatic N) is 1. The van der Waals surface area contributed by atoms with E-state index in [1.165, 1.54) is 12.3 Å². The zero-order chi connectivity index (χ0) is 13.8. The molecule has 1 unspecified atom stereocenters. The Morgan fingerprint density at radius 1 is 1.67 bits per heavy atom. The van der Waals surface area contributed by atoms with E-state index < -0.39 is 5.54 Å². The predicted molar refractivity (Wildman–Crippen MR) is 71.5 cm³/mol. The third-order valence-electron chi connectivity index (χ3n) is 3.01. The molecule has 0 aliphatic rings. The molecule has 4 N–H and O–H groups in total. The van der Waals surface area contributed by atoms with Gasteiger partial charge in [0.2, 0.25) is 0 Å². The van der Waals surface area contributed by atoms with E-state index in [4.69, 9.17) is 22.4 Å². The van der Waals surface area contributed by atoms with Gasteiger partial charge in [-0.3, -0.25) is 4.79 Å². The Balaban J connectivity index is 2.90. The largest absolute Gasteiger partial charge is 0.397 e. The maximum Gasteiger partial charge on any atom is 0.253 e. The molecular formula is C12H18ClN3O2. The fraction of sp³-hybridized carbons (Fsp3) is 0.500. The molecule has 6 heteroatoms. The second kappa shape index (κ2) is 6.02. The number of aliphatic hydroxyl groups excluding tert-OH is 1. The van der Waals surface area contributed by atoms with Crippen LogP contribution in [0.4, 0.5) is 5.69 Å². The Morgan fingerprint density at radius 2 is 2.33 bits per heavy atom. The van der Waals surface area contributed by atoms with Gasteiger partial charge in [-0.2, -0.15) is 0 Å². The lowest BCUT2D eigenvalue weighted by atomic mass is 9.94. The van der Waals surface area contributed by atoms with Crippen molar-refractivity contribution < 1.29 is 9.90 Å². The van der Waals surface area contributed by atoms with Gasteiger partial charge in [0.05, 0.1) is 17.4 Å². The SMILES string of the molecule is CCC(C)(CCO)NC(=O)c1cc(Cl)ncc1N. The van der Waals surface area contributed by atoms with E-state index >= 15 is 0 Å². The van der Waals surface area contributed by atoms with Crippen molar-refractivity contribution in [1.29, 1.82) is 0 Å². The summed E-state index contributed by atoms with van der Waals surface area (Å²) >= 11 is 5.74. The van der Waals surface area contributed by atoms with Gasteiger partial charge in [0.15, 0.2) is 0 Å². The number of aromatic nitrogens is 1. The van der Waals surface area contributed by atoms with Gasteiger partial charge < -0.3 is 16.2 Å². The Labute approximate surface area is 111 Å². The third-order valence-corrected chi connectivity index (χ3v) is 3.21. The Kier molecular flexibility index (Phi) is 4.93. The number of hydrogen-bond acceptors (Lipinski definition) is 4. The second-order valence-electron chi connectivity index (χ2n) is 4.44. The number of carbonyl (C=O) groups excluding carboxylic acids is 1. The highest BCUT2D eigenvalue weighted by atomic mass is 35.5. The number of nitrogen functional groups attached to an aromatic ring is 1. The Morgan fingerprint density at radius 3 is 2.89 bits per heavy atom. The van der Waals surface area contributed by atoms with Crippen LogP contribution in [0, 0.1) is 0 Å². The highest BCUT2D eigenvalue weighted by Crippen LogP contribution is 2.19. The van der Waals surface area contributed by atoms with Gasteiger partial charge in [-0.1, -0.05) is 18.5 Å². The van der Waals surface area contributed by atoms with Crippen LogP contribution >= 0.6 is 11.6 Å². The molecule has 0 bridgehead atoms. The van der Waals surface area contributed by atoms with Crippen LogP contribution in [0.2, 0.25) is 5.15 Å². The first-order chi connectivity index (χ1) is 8.41. The minimum atomic E-state index is -0.464. The molecule has 1 aromatic heterocycles. The van der Waals surface area contributed by atoms with Crippen LogP contribution in [0.5, 0.6) is 0 Å². The fourth-order valence-electron chi connectivity index (χ4n) is 1.55. The summed E-state index contributed by atoms with van der Waals surface area (Å²) in [6, 6.07) is 1.43. The first-order valence-electron chi connectivity index (χ1n) is 5.76. The molecule has 18 heavy (non-hydrogen) atoms. The lowest BCUT2D eigenvalue weighted by molar-refractivity contribution is 0.0887. The number of hydrogen-bond donors (Lipinski definition) is 3. The summed E-state index contributed by atoms with van der Waals surface area (Å²) in [4.78, 5) is 15.9. The van der Waals surface area contributed by atoms with E-state index in [1.807, 2.05) is 13.8 Å². The number of nitrogens with one attached hydrogen (secondary N) is 1.